The van der Waals surface area contributed by atoms with Gasteiger partial charge in [-0.1, -0.05) is 29.3 Å². The fraction of sp³-hybridized carbons (Fsp3) is 0.350. The number of hydrogen-bond acceptors (Lipinski definition) is 4. The number of amides is 1. The zero-order valence-electron chi connectivity index (χ0n) is 15.1. The van der Waals surface area contributed by atoms with Gasteiger partial charge in [-0.3, -0.25) is 4.79 Å². The zero-order chi connectivity index (χ0) is 18.7. The number of carbonyl (C=O) groups is 1. The van der Waals surface area contributed by atoms with Gasteiger partial charge in [-0.15, -0.1) is 0 Å². The van der Waals surface area contributed by atoms with Crippen LogP contribution in [0.1, 0.15) is 22.3 Å². The van der Waals surface area contributed by atoms with Crippen molar-refractivity contribution in [1.29, 1.82) is 0 Å². The molecule has 0 aliphatic carbocycles. The van der Waals surface area contributed by atoms with Gasteiger partial charge < -0.3 is 19.5 Å². The van der Waals surface area contributed by atoms with E-state index in [1.54, 1.807) is 6.07 Å². The van der Waals surface area contributed by atoms with Crippen LogP contribution in [-0.2, 0) is 11.3 Å². The molecule has 6 heteroatoms. The monoisotopic (exact) mass is 375 g/mol. The molecule has 0 spiro atoms. The molecule has 1 amide bonds. The standard InChI is InChI=1S/C20H22ClNO4/c1-12-6-13(2)19(14(3)7-12)26-11-18(23)22-10-15-8-16(21)20-17(9-15)24-4-5-25-20/h6-9H,4-5,10-11H2,1-3H3,(H,22,23). The van der Waals surface area contributed by atoms with E-state index in [9.17, 15) is 4.79 Å². The molecule has 138 valence electrons. The van der Waals surface area contributed by atoms with Gasteiger partial charge in [-0.05, 0) is 49.6 Å². The first-order valence-electron chi connectivity index (χ1n) is 8.49. The average molecular weight is 376 g/mol. The lowest BCUT2D eigenvalue weighted by Crippen LogP contribution is -2.28. The van der Waals surface area contributed by atoms with E-state index >= 15 is 0 Å². The van der Waals surface area contributed by atoms with Gasteiger partial charge >= 0.3 is 0 Å². The largest absolute Gasteiger partial charge is 0.486 e. The topological polar surface area (TPSA) is 56.8 Å². The van der Waals surface area contributed by atoms with Crippen molar-refractivity contribution in [3.63, 3.8) is 0 Å². The van der Waals surface area contributed by atoms with Crippen LogP contribution >= 0.6 is 11.6 Å². The van der Waals surface area contributed by atoms with E-state index in [4.69, 9.17) is 25.8 Å². The SMILES string of the molecule is Cc1cc(C)c(OCC(=O)NCc2cc(Cl)c3c(c2)OCCO3)c(C)c1. The summed E-state index contributed by atoms with van der Waals surface area (Å²) in [7, 11) is 0. The first-order valence-corrected chi connectivity index (χ1v) is 8.87. The molecule has 1 heterocycles. The summed E-state index contributed by atoms with van der Waals surface area (Å²) in [4.78, 5) is 12.1. The lowest BCUT2D eigenvalue weighted by atomic mass is 10.1. The Morgan fingerprint density at radius 1 is 1.12 bits per heavy atom. The van der Waals surface area contributed by atoms with Crippen LogP contribution in [0.4, 0.5) is 0 Å². The Morgan fingerprint density at radius 2 is 1.81 bits per heavy atom. The zero-order valence-corrected chi connectivity index (χ0v) is 15.9. The van der Waals surface area contributed by atoms with Crippen LogP contribution in [0.2, 0.25) is 5.02 Å². The van der Waals surface area contributed by atoms with Gasteiger partial charge in [0.15, 0.2) is 18.1 Å². The molecule has 2 aromatic rings. The molecule has 0 fully saturated rings. The summed E-state index contributed by atoms with van der Waals surface area (Å²) < 4.78 is 16.7. The molecule has 0 atom stereocenters. The fourth-order valence-electron chi connectivity index (χ4n) is 3.05. The molecule has 1 aliphatic heterocycles. The van der Waals surface area contributed by atoms with E-state index in [1.807, 2.05) is 39.0 Å². The molecule has 0 bridgehead atoms. The predicted octanol–water partition coefficient (Wildman–Crippen LogP) is 3.73. The lowest BCUT2D eigenvalue weighted by Gasteiger charge is -2.20. The van der Waals surface area contributed by atoms with Crippen molar-refractivity contribution in [1.82, 2.24) is 5.32 Å². The molecule has 26 heavy (non-hydrogen) atoms. The van der Waals surface area contributed by atoms with Crippen LogP contribution in [0.15, 0.2) is 24.3 Å². The summed E-state index contributed by atoms with van der Waals surface area (Å²) in [6.07, 6.45) is 0. The third-order valence-electron chi connectivity index (χ3n) is 4.10. The third kappa shape index (κ3) is 4.22. The number of nitrogens with one attached hydrogen (secondary N) is 1. The van der Waals surface area contributed by atoms with Crippen LogP contribution in [-0.4, -0.2) is 25.7 Å². The maximum Gasteiger partial charge on any atom is 0.258 e. The molecule has 0 saturated heterocycles. The van der Waals surface area contributed by atoms with E-state index in [1.165, 1.54) is 5.56 Å². The van der Waals surface area contributed by atoms with Crippen molar-refractivity contribution >= 4 is 17.5 Å². The third-order valence-corrected chi connectivity index (χ3v) is 4.38. The fourth-order valence-corrected chi connectivity index (χ4v) is 3.34. The second kappa shape index (κ2) is 7.87. The van der Waals surface area contributed by atoms with Crippen LogP contribution in [0, 0.1) is 20.8 Å². The van der Waals surface area contributed by atoms with E-state index in [2.05, 4.69) is 5.32 Å². The van der Waals surface area contributed by atoms with Gasteiger partial charge in [0.05, 0.1) is 5.02 Å². The highest BCUT2D eigenvalue weighted by Crippen LogP contribution is 2.38. The van der Waals surface area contributed by atoms with Crippen LogP contribution in [0.3, 0.4) is 0 Å². The van der Waals surface area contributed by atoms with E-state index in [0.717, 1.165) is 22.4 Å². The van der Waals surface area contributed by atoms with Gasteiger partial charge in [-0.2, -0.15) is 0 Å². The second-order valence-electron chi connectivity index (χ2n) is 6.40. The Balaban J connectivity index is 1.57. The number of carbonyl (C=O) groups excluding carboxylic acids is 1. The molecule has 5 nitrogen and oxygen atoms in total. The summed E-state index contributed by atoms with van der Waals surface area (Å²) in [6.45, 7) is 7.26. The van der Waals surface area contributed by atoms with Crippen molar-refractivity contribution in [3.8, 4) is 17.2 Å². The van der Waals surface area contributed by atoms with E-state index < -0.39 is 0 Å². The quantitative estimate of drug-likeness (QED) is 0.865. The highest BCUT2D eigenvalue weighted by atomic mass is 35.5. The Hall–Kier alpha value is -2.40. The van der Waals surface area contributed by atoms with Crippen LogP contribution < -0.4 is 19.5 Å². The second-order valence-corrected chi connectivity index (χ2v) is 6.80. The lowest BCUT2D eigenvalue weighted by molar-refractivity contribution is -0.123. The number of ether oxygens (including phenoxy) is 3. The minimum Gasteiger partial charge on any atom is -0.486 e. The smallest absolute Gasteiger partial charge is 0.258 e. The average Bonchev–Trinajstić information content (AvgIpc) is 2.59. The highest BCUT2D eigenvalue weighted by molar-refractivity contribution is 6.32. The maximum absolute atomic E-state index is 12.1. The summed E-state index contributed by atoms with van der Waals surface area (Å²) >= 11 is 6.21. The molecular weight excluding hydrogens is 354 g/mol. The Labute approximate surface area is 158 Å². The van der Waals surface area contributed by atoms with Crippen LogP contribution in [0.25, 0.3) is 0 Å². The normalized spacial score (nSPS) is 12.6. The molecule has 1 N–H and O–H groups in total. The van der Waals surface area contributed by atoms with Gasteiger partial charge in [0, 0.05) is 6.54 Å². The molecular formula is C20H22ClNO4. The Kier molecular flexibility index (Phi) is 5.57. The molecule has 0 aromatic heterocycles. The first kappa shape index (κ1) is 18.4. The van der Waals surface area contributed by atoms with Gasteiger partial charge in [0.2, 0.25) is 0 Å². The van der Waals surface area contributed by atoms with E-state index in [0.29, 0.717) is 36.3 Å². The number of rotatable bonds is 5. The number of hydrogen-bond donors (Lipinski definition) is 1. The number of benzene rings is 2. The Bertz CT molecular complexity index is 812. The van der Waals surface area contributed by atoms with Crippen molar-refractivity contribution in [2.24, 2.45) is 0 Å². The summed E-state index contributed by atoms with van der Waals surface area (Å²) in [5.41, 5.74) is 4.06. The number of aryl methyl sites for hydroxylation is 3. The Morgan fingerprint density at radius 3 is 2.54 bits per heavy atom. The van der Waals surface area contributed by atoms with Crippen molar-refractivity contribution in [2.45, 2.75) is 27.3 Å². The number of halogens is 1. The van der Waals surface area contributed by atoms with Crippen molar-refractivity contribution < 1.29 is 19.0 Å². The van der Waals surface area contributed by atoms with Gasteiger partial charge in [-0.25, -0.2) is 0 Å². The van der Waals surface area contributed by atoms with Crippen LogP contribution in [0.5, 0.6) is 17.2 Å². The molecule has 0 unspecified atom stereocenters. The first-order chi connectivity index (χ1) is 12.4. The van der Waals surface area contributed by atoms with Crippen molar-refractivity contribution in [2.75, 3.05) is 19.8 Å². The summed E-state index contributed by atoms with van der Waals surface area (Å²) in [6, 6.07) is 7.68. The van der Waals surface area contributed by atoms with Gasteiger partial charge in [0.1, 0.15) is 19.0 Å². The molecule has 0 radical (unpaired) electrons. The molecule has 1 aliphatic rings. The minimum atomic E-state index is -0.199. The van der Waals surface area contributed by atoms with Gasteiger partial charge in [0.25, 0.3) is 5.91 Å². The number of fused-ring (bicyclic) bond motifs is 1. The summed E-state index contributed by atoms with van der Waals surface area (Å²) in [5, 5.41) is 3.31. The summed E-state index contributed by atoms with van der Waals surface area (Å²) in [5.74, 6) is 1.72. The minimum absolute atomic E-state index is 0.0387. The molecule has 2 aromatic carbocycles. The molecule has 0 saturated carbocycles. The van der Waals surface area contributed by atoms with Crippen molar-refractivity contribution in [3.05, 3.63) is 51.5 Å². The van der Waals surface area contributed by atoms with E-state index in [-0.39, 0.29) is 12.5 Å². The highest BCUT2D eigenvalue weighted by Gasteiger charge is 2.17. The molecule has 3 rings (SSSR count). The maximum atomic E-state index is 12.1. The predicted molar refractivity (Wildman–Crippen MR) is 100 cm³/mol.